The van der Waals surface area contributed by atoms with Gasteiger partial charge in [0, 0.05) is 17.0 Å². The third-order valence-electron chi connectivity index (χ3n) is 3.73. The number of nitrogens with zero attached hydrogens (tertiary/aromatic N) is 1. The minimum Gasteiger partial charge on any atom is -0.482 e. The minimum atomic E-state index is -1.04. The van der Waals surface area contributed by atoms with E-state index in [1.807, 2.05) is 37.4 Å². The largest absolute Gasteiger partial charge is 0.482 e. The molecule has 1 aromatic heterocycles. The van der Waals surface area contributed by atoms with Crippen molar-refractivity contribution < 1.29 is 19.4 Å². The van der Waals surface area contributed by atoms with Gasteiger partial charge < -0.3 is 14.7 Å². The van der Waals surface area contributed by atoms with Crippen molar-refractivity contribution >= 4 is 23.2 Å². The van der Waals surface area contributed by atoms with E-state index in [-0.39, 0.29) is 5.91 Å². The molecule has 0 spiro atoms. The Morgan fingerprint density at radius 2 is 2.00 bits per heavy atom. The van der Waals surface area contributed by atoms with Gasteiger partial charge in [0.05, 0.1) is 12.5 Å². The van der Waals surface area contributed by atoms with Crippen molar-refractivity contribution in [2.75, 3.05) is 13.2 Å². The number of hydrogen-bond donors (Lipinski definition) is 1. The Labute approximate surface area is 145 Å². The van der Waals surface area contributed by atoms with Crippen molar-refractivity contribution in [3.63, 3.8) is 0 Å². The molecule has 1 N–H and O–H groups in total. The first-order valence-corrected chi connectivity index (χ1v) is 8.65. The van der Waals surface area contributed by atoms with E-state index in [0.717, 1.165) is 4.88 Å². The van der Waals surface area contributed by atoms with Gasteiger partial charge in [-0.1, -0.05) is 24.3 Å². The van der Waals surface area contributed by atoms with Crippen LogP contribution in [-0.4, -0.2) is 35.0 Å². The Morgan fingerprint density at radius 1 is 1.25 bits per heavy atom. The fraction of sp³-hybridized carbons (Fsp3) is 0.333. The van der Waals surface area contributed by atoms with Crippen molar-refractivity contribution in [2.45, 2.75) is 26.3 Å². The Hall–Kier alpha value is -2.34. The van der Waals surface area contributed by atoms with Crippen LogP contribution in [0.1, 0.15) is 30.2 Å². The highest BCUT2D eigenvalue weighted by molar-refractivity contribution is 7.09. The van der Waals surface area contributed by atoms with Crippen LogP contribution in [0.4, 0.5) is 0 Å². The van der Waals surface area contributed by atoms with Gasteiger partial charge in [-0.25, -0.2) is 4.79 Å². The molecule has 1 atom stereocenters. The number of amides is 1. The van der Waals surface area contributed by atoms with Crippen molar-refractivity contribution in [1.82, 2.24) is 4.90 Å². The van der Waals surface area contributed by atoms with E-state index in [9.17, 15) is 9.59 Å². The molecule has 0 aliphatic rings. The van der Waals surface area contributed by atoms with Crippen LogP contribution in [0, 0.1) is 0 Å². The van der Waals surface area contributed by atoms with Crippen LogP contribution in [-0.2, 0) is 16.1 Å². The van der Waals surface area contributed by atoms with Crippen LogP contribution >= 0.6 is 11.3 Å². The molecule has 2 aromatic rings. The van der Waals surface area contributed by atoms with E-state index in [0.29, 0.717) is 24.4 Å². The molecule has 5 nitrogen and oxygen atoms in total. The summed E-state index contributed by atoms with van der Waals surface area (Å²) in [5.74, 6) is -1.02. The zero-order chi connectivity index (χ0) is 17.5. The smallest absolute Gasteiger partial charge is 0.341 e. The molecule has 0 radical (unpaired) electrons. The average Bonchev–Trinajstić information content (AvgIpc) is 3.10. The Balaban J connectivity index is 2.15. The van der Waals surface area contributed by atoms with Crippen molar-refractivity contribution in [1.29, 1.82) is 0 Å². The lowest BCUT2D eigenvalue weighted by Gasteiger charge is -2.25. The second-order valence-electron chi connectivity index (χ2n) is 5.37. The van der Waals surface area contributed by atoms with Crippen LogP contribution in [0.3, 0.4) is 0 Å². The molecule has 1 heterocycles. The summed E-state index contributed by atoms with van der Waals surface area (Å²) in [5.41, 5.74) is 0.702. The number of carboxylic acids is 1. The van der Waals surface area contributed by atoms with Gasteiger partial charge >= 0.3 is 5.97 Å². The minimum absolute atomic E-state index is 0.00252. The maximum absolute atomic E-state index is 12.8. The summed E-state index contributed by atoms with van der Waals surface area (Å²) in [6, 6.07) is 11.1. The predicted molar refractivity (Wildman–Crippen MR) is 93.4 cm³/mol. The fourth-order valence-corrected chi connectivity index (χ4v) is 3.17. The zero-order valence-corrected chi connectivity index (χ0v) is 14.6. The highest BCUT2D eigenvalue weighted by Gasteiger charge is 2.24. The summed E-state index contributed by atoms with van der Waals surface area (Å²) in [4.78, 5) is 26.5. The summed E-state index contributed by atoms with van der Waals surface area (Å²) < 4.78 is 5.32. The van der Waals surface area contributed by atoms with E-state index < -0.39 is 18.5 Å². The lowest BCUT2D eigenvalue weighted by Crippen LogP contribution is -2.33. The molecule has 0 saturated heterocycles. The molecule has 128 valence electrons. The number of carbonyl (C=O) groups excluding carboxylic acids is 1. The van der Waals surface area contributed by atoms with Crippen LogP contribution in [0.15, 0.2) is 41.8 Å². The first-order valence-electron chi connectivity index (χ1n) is 7.77. The first-order chi connectivity index (χ1) is 11.5. The standard InChI is InChI=1S/C18H21NO4S/c1-3-19(11-14-7-6-10-24-14)18(22)13(2)15-8-4-5-9-16(15)23-12-17(20)21/h4-10,13H,3,11-12H2,1-2H3,(H,20,21)/t13-/m1/s1. The molecule has 6 heteroatoms. The van der Waals surface area contributed by atoms with E-state index in [1.165, 1.54) is 0 Å². The van der Waals surface area contributed by atoms with E-state index >= 15 is 0 Å². The number of rotatable bonds is 8. The summed E-state index contributed by atoms with van der Waals surface area (Å²) in [7, 11) is 0. The van der Waals surface area contributed by atoms with Gasteiger partial charge in [0.1, 0.15) is 5.75 Å². The third kappa shape index (κ3) is 4.58. The van der Waals surface area contributed by atoms with Crippen LogP contribution in [0.25, 0.3) is 0 Å². The molecule has 1 amide bonds. The first kappa shape index (κ1) is 18.0. The number of carbonyl (C=O) groups is 2. The average molecular weight is 347 g/mol. The maximum atomic E-state index is 12.8. The summed E-state index contributed by atoms with van der Waals surface area (Å²) in [6.45, 7) is 4.53. The lowest BCUT2D eigenvalue weighted by molar-refractivity contribution is -0.139. The highest BCUT2D eigenvalue weighted by atomic mass is 32.1. The SMILES string of the molecule is CCN(Cc1cccs1)C(=O)[C@H](C)c1ccccc1OCC(=O)O. The normalized spacial score (nSPS) is 11.8. The Morgan fingerprint density at radius 3 is 2.62 bits per heavy atom. The Bertz CT molecular complexity index is 684. The van der Waals surface area contributed by atoms with Gasteiger partial charge in [0.25, 0.3) is 0 Å². The molecule has 0 aliphatic carbocycles. The topological polar surface area (TPSA) is 66.8 Å². The number of para-hydroxylation sites is 1. The molecule has 24 heavy (non-hydrogen) atoms. The number of carboxylic acid groups (broad SMARTS) is 1. The van der Waals surface area contributed by atoms with Crippen LogP contribution in [0.2, 0.25) is 0 Å². The monoisotopic (exact) mass is 347 g/mol. The molecule has 0 saturated carbocycles. The van der Waals surface area contributed by atoms with Crippen molar-refractivity contribution in [3.05, 3.63) is 52.2 Å². The maximum Gasteiger partial charge on any atom is 0.341 e. The molecule has 0 fully saturated rings. The van der Waals surface area contributed by atoms with E-state index in [4.69, 9.17) is 9.84 Å². The number of likely N-dealkylation sites (N-methyl/N-ethyl adjacent to an activating group) is 1. The molecular weight excluding hydrogens is 326 g/mol. The van der Waals surface area contributed by atoms with E-state index in [2.05, 4.69) is 0 Å². The van der Waals surface area contributed by atoms with Gasteiger partial charge in [-0.15, -0.1) is 11.3 Å². The van der Waals surface area contributed by atoms with Gasteiger partial charge in [-0.3, -0.25) is 4.79 Å². The van der Waals surface area contributed by atoms with Crippen LogP contribution in [0.5, 0.6) is 5.75 Å². The molecule has 0 unspecified atom stereocenters. The summed E-state index contributed by atoms with van der Waals surface area (Å²) in [6.07, 6.45) is 0. The van der Waals surface area contributed by atoms with Crippen molar-refractivity contribution in [2.24, 2.45) is 0 Å². The number of hydrogen-bond acceptors (Lipinski definition) is 4. The van der Waals surface area contributed by atoms with Gasteiger partial charge in [0.15, 0.2) is 6.61 Å². The predicted octanol–water partition coefficient (Wildman–Crippen LogP) is 3.36. The van der Waals surface area contributed by atoms with Crippen LogP contribution < -0.4 is 4.74 Å². The molecular formula is C18H21NO4S. The number of thiophene rings is 1. The summed E-state index contributed by atoms with van der Waals surface area (Å²) in [5, 5.41) is 10.8. The zero-order valence-electron chi connectivity index (χ0n) is 13.8. The van der Waals surface area contributed by atoms with Gasteiger partial charge in [0.2, 0.25) is 5.91 Å². The molecule has 0 bridgehead atoms. The number of aliphatic carboxylic acids is 1. The third-order valence-corrected chi connectivity index (χ3v) is 4.59. The number of benzene rings is 1. The van der Waals surface area contributed by atoms with Gasteiger partial charge in [-0.2, -0.15) is 0 Å². The quantitative estimate of drug-likeness (QED) is 0.795. The second kappa shape index (κ2) is 8.49. The second-order valence-corrected chi connectivity index (χ2v) is 6.41. The van der Waals surface area contributed by atoms with E-state index in [1.54, 1.807) is 34.4 Å². The lowest BCUT2D eigenvalue weighted by atomic mass is 9.98. The molecule has 2 rings (SSSR count). The molecule has 0 aliphatic heterocycles. The van der Waals surface area contributed by atoms with Crippen molar-refractivity contribution in [3.8, 4) is 5.75 Å². The summed E-state index contributed by atoms with van der Waals surface area (Å²) >= 11 is 1.62. The molecule has 1 aromatic carbocycles. The highest BCUT2D eigenvalue weighted by Crippen LogP contribution is 2.28. The van der Waals surface area contributed by atoms with Gasteiger partial charge in [-0.05, 0) is 31.4 Å². The fourth-order valence-electron chi connectivity index (χ4n) is 2.45. The Kier molecular flexibility index (Phi) is 6.37. The number of ether oxygens (including phenoxy) is 1.